The Labute approximate surface area is 161 Å². The van der Waals surface area contributed by atoms with Gasteiger partial charge in [-0.2, -0.15) is 0 Å². The van der Waals surface area contributed by atoms with Gasteiger partial charge < -0.3 is 16.4 Å². The van der Waals surface area contributed by atoms with Gasteiger partial charge in [0.15, 0.2) is 0 Å². The number of fused-ring (bicyclic) bond motifs is 1. The molecule has 0 spiro atoms. The van der Waals surface area contributed by atoms with Crippen LogP contribution in [0.3, 0.4) is 0 Å². The smallest absolute Gasteiger partial charge is 0.141 e. The lowest BCUT2D eigenvalue weighted by atomic mass is 10.1. The summed E-state index contributed by atoms with van der Waals surface area (Å²) in [4.78, 5) is 15.3. The summed E-state index contributed by atoms with van der Waals surface area (Å²) in [5, 5.41) is 15.0. The number of hydrogen-bond acceptors (Lipinski definition) is 5. The second kappa shape index (κ2) is 6.92. The molecule has 6 N–H and O–H groups in total. The molecule has 0 saturated heterocycles. The van der Waals surface area contributed by atoms with Crippen LogP contribution >= 0.6 is 0 Å². The largest absolute Gasteiger partial charge is 0.382 e. The Balaban J connectivity index is 1.75. The fourth-order valence-corrected chi connectivity index (χ4v) is 3.04. The van der Waals surface area contributed by atoms with E-state index in [4.69, 9.17) is 27.3 Å². The maximum atomic E-state index is 7.50. The molecule has 8 heteroatoms. The summed E-state index contributed by atoms with van der Waals surface area (Å²) in [5.41, 5.74) is 15.5. The Morgan fingerprint density at radius 2 is 1.57 bits per heavy atom. The number of aliphatic imine (C=N–C) groups is 1. The zero-order chi connectivity index (χ0) is 19.7. The predicted molar refractivity (Wildman–Crippen MR) is 109 cm³/mol. The lowest BCUT2D eigenvalue weighted by Crippen LogP contribution is -2.24. The molecular weight excluding hydrogens is 352 g/mol. The first-order valence-electron chi connectivity index (χ1n) is 8.58. The van der Waals surface area contributed by atoms with Crippen LogP contribution < -0.4 is 16.4 Å². The number of rotatable bonds is 4. The molecule has 0 bridgehead atoms. The van der Waals surface area contributed by atoms with E-state index < -0.39 is 0 Å². The van der Waals surface area contributed by atoms with Crippen LogP contribution in [0.4, 0.5) is 11.4 Å². The van der Waals surface area contributed by atoms with Crippen molar-refractivity contribution in [2.24, 2.45) is 16.5 Å². The van der Waals surface area contributed by atoms with E-state index >= 15 is 0 Å². The lowest BCUT2D eigenvalue weighted by Gasteiger charge is -2.19. The highest BCUT2D eigenvalue weighted by Crippen LogP contribution is 2.30. The maximum Gasteiger partial charge on any atom is 0.141 e. The van der Waals surface area contributed by atoms with Crippen molar-refractivity contribution < 1.29 is 0 Å². The fourth-order valence-electron chi connectivity index (χ4n) is 3.04. The summed E-state index contributed by atoms with van der Waals surface area (Å²) in [5.74, 6) is 0.635. The van der Waals surface area contributed by atoms with E-state index in [0.29, 0.717) is 23.6 Å². The van der Waals surface area contributed by atoms with Crippen molar-refractivity contribution in [3.05, 3.63) is 83.4 Å². The summed E-state index contributed by atoms with van der Waals surface area (Å²) in [6.07, 6.45) is 3.29. The molecular formula is C20H18N8. The highest BCUT2D eigenvalue weighted by atomic mass is 15.2. The van der Waals surface area contributed by atoms with Crippen LogP contribution in [0.25, 0.3) is 0 Å². The van der Waals surface area contributed by atoms with Gasteiger partial charge in [0.05, 0.1) is 30.3 Å². The molecule has 0 saturated carbocycles. The van der Waals surface area contributed by atoms with E-state index in [1.54, 1.807) is 30.6 Å². The number of anilines is 1. The molecule has 1 aliphatic heterocycles. The third-order valence-corrected chi connectivity index (χ3v) is 4.44. The minimum absolute atomic E-state index is 0.0678. The Kier molecular flexibility index (Phi) is 4.29. The Morgan fingerprint density at radius 1 is 0.893 bits per heavy atom. The second-order valence-electron chi connectivity index (χ2n) is 6.31. The summed E-state index contributed by atoms with van der Waals surface area (Å²) >= 11 is 0. The van der Waals surface area contributed by atoms with E-state index in [0.717, 1.165) is 22.6 Å². The van der Waals surface area contributed by atoms with Gasteiger partial charge in [-0.15, -0.1) is 0 Å². The molecule has 0 amide bonds. The van der Waals surface area contributed by atoms with Crippen molar-refractivity contribution in [1.82, 2.24) is 9.97 Å². The molecule has 1 aromatic carbocycles. The number of amidine groups is 3. The SMILES string of the molecule is N=C(N)c1ccc(N=C2c3ccccc3CN2c2ccc(C(=N)N)nc2)cn1. The third-order valence-electron chi connectivity index (χ3n) is 4.44. The summed E-state index contributed by atoms with van der Waals surface area (Å²) in [6.45, 7) is 0.662. The van der Waals surface area contributed by atoms with Gasteiger partial charge in [-0.3, -0.25) is 20.8 Å². The zero-order valence-corrected chi connectivity index (χ0v) is 14.9. The first-order valence-corrected chi connectivity index (χ1v) is 8.58. The van der Waals surface area contributed by atoms with Crippen LogP contribution in [0.15, 0.2) is 65.9 Å². The van der Waals surface area contributed by atoms with E-state index in [-0.39, 0.29) is 11.7 Å². The molecule has 0 radical (unpaired) electrons. The first-order chi connectivity index (χ1) is 13.5. The van der Waals surface area contributed by atoms with Crippen LogP contribution in [0.2, 0.25) is 0 Å². The molecule has 0 aliphatic carbocycles. The average molecular weight is 370 g/mol. The standard InChI is InChI=1S/C20H18N8/c21-18(22)16-7-5-13(9-25-16)27-20-15-4-2-1-3-12(15)11-28(20)14-6-8-17(19(23)24)26-10-14/h1-10H,11H2,(H3,21,22)(H3,23,24). The summed E-state index contributed by atoms with van der Waals surface area (Å²) in [6, 6.07) is 15.1. The quantitative estimate of drug-likeness (QED) is 0.411. The highest BCUT2D eigenvalue weighted by molar-refractivity contribution is 6.14. The highest BCUT2D eigenvalue weighted by Gasteiger charge is 2.26. The van der Waals surface area contributed by atoms with Crippen LogP contribution in [-0.4, -0.2) is 27.5 Å². The van der Waals surface area contributed by atoms with Gasteiger partial charge in [0.25, 0.3) is 0 Å². The topological polar surface area (TPSA) is 141 Å². The van der Waals surface area contributed by atoms with Crippen molar-refractivity contribution in [1.29, 1.82) is 10.8 Å². The third kappa shape index (κ3) is 3.18. The first kappa shape index (κ1) is 17.3. The molecule has 3 heterocycles. The van der Waals surface area contributed by atoms with Crippen molar-refractivity contribution in [2.75, 3.05) is 4.90 Å². The molecule has 0 unspecified atom stereocenters. The van der Waals surface area contributed by atoms with E-state index in [9.17, 15) is 0 Å². The molecule has 0 atom stereocenters. The second-order valence-corrected chi connectivity index (χ2v) is 6.31. The average Bonchev–Trinajstić information content (AvgIpc) is 3.07. The minimum Gasteiger partial charge on any atom is -0.382 e. The molecule has 28 heavy (non-hydrogen) atoms. The monoisotopic (exact) mass is 370 g/mol. The van der Waals surface area contributed by atoms with Gasteiger partial charge in [0, 0.05) is 5.56 Å². The van der Waals surface area contributed by atoms with Gasteiger partial charge in [0.1, 0.15) is 28.9 Å². The van der Waals surface area contributed by atoms with Crippen LogP contribution in [0.5, 0.6) is 0 Å². The van der Waals surface area contributed by atoms with Crippen LogP contribution in [0, 0.1) is 10.8 Å². The fraction of sp³-hybridized carbons (Fsp3) is 0.0500. The number of hydrogen-bond donors (Lipinski definition) is 4. The van der Waals surface area contributed by atoms with Crippen molar-refractivity contribution >= 4 is 28.9 Å². The van der Waals surface area contributed by atoms with Crippen molar-refractivity contribution in [3.8, 4) is 0 Å². The Bertz CT molecular complexity index is 1080. The number of nitrogens with one attached hydrogen (secondary N) is 2. The van der Waals surface area contributed by atoms with Gasteiger partial charge in [0.2, 0.25) is 0 Å². The number of nitrogens with zero attached hydrogens (tertiary/aromatic N) is 4. The number of nitrogens with two attached hydrogens (primary N) is 2. The van der Waals surface area contributed by atoms with Gasteiger partial charge >= 0.3 is 0 Å². The normalized spacial score (nSPS) is 14.1. The molecule has 0 fully saturated rings. The van der Waals surface area contributed by atoms with Gasteiger partial charge in [-0.1, -0.05) is 24.3 Å². The van der Waals surface area contributed by atoms with E-state index in [1.807, 2.05) is 24.3 Å². The Hall–Kier alpha value is -4.07. The van der Waals surface area contributed by atoms with Crippen LogP contribution in [0.1, 0.15) is 22.5 Å². The van der Waals surface area contributed by atoms with Crippen molar-refractivity contribution in [3.63, 3.8) is 0 Å². The summed E-state index contributed by atoms with van der Waals surface area (Å²) < 4.78 is 0. The van der Waals surface area contributed by atoms with E-state index in [2.05, 4.69) is 20.9 Å². The van der Waals surface area contributed by atoms with Crippen molar-refractivity contribution in [2.45, 2.75) is 6.54 Å². The lowest BCUT2D eigenvalue weighted by molar-refractivity contribution is 1.04. The molecule has 2 aromatic heterocycles. The molecule has 1 aliphatic rings. The number of aromatic nitrogens is 2. The van der Waals surface area contributed by atoms with Gasteiger partial charge in [-0.25, -0.2) is 4.99 Å². The van der Waals surface area contributed by atoms with Gasteiger partial charge in [-0.05, 0) is 29.8 Å². The number of nitrogen functional groups attached to an aromatic ring is 2. The molecule has 3 aromatic rings. The number of benzene rings is 1. The van der Waals surface area contributed by atoms with Crippen LogP contribution in [-0.2, 0) is 6.54 Å². The molecule has 8 nitrogen and oxygen atoms in total. The predicted octanol–water partition coefficient (Wildman–Crippen LogP) is 2.14. The summed E-state index contributed by atoms with van der Waals surface area (Å²) in [7, 11) is 0. The Morgan fingerprint density at radius 3 is 2.18 bits per heavy atom. The maximum absolute atomic E-state index is 7.50. The zero-order valence-electron chi connectivity index (χ0n) is 14.9. The molecule has 4 rings (SSSR count). The minimum atomic E-state index is -0.0799. The molecule has 138 valence electrons. The number of pyridine rings is 2. The van der Waals surface area contributed by atoms with E-state index in [1.165, 1.54) is 0 Å².